The highest BCUT2D eigenvalue weighted by Crippen LogP contribution is 2.28. The Morgan fingerprint density at radius 1 is 0.912 bits per heavy atom. The molecule has 0 bridgehead atoms. The van der Waals surface area contributed by atoms with Gasteiger partial charge in [-0.3, -0.25) is 9.52 Å². The maximum absolute atomic E-state index is 13.0. The first kappa shape index (κ1) is 26.4. The van der Waals surface area contributed by atoms with Crippen LogP contribution in [0, 0.1) is 20.8 Å². The van der Waals surface area contributed by atoms with Crippen molar-refractivity contribution >= 4 is 56.6 Å². The number of aryl methyl sites for hydroxylation is 3. The van der Waals surface area contributed by atoms with E-state index in [1.807, 2.05) is 19.9 Å². The number of amides is 1. The van der Waals surface area contributed by atoms with Crippen molar-refractivity contribution in [1.82, 2.24) is 5.32 Å². The molecule has 9 heteroatoms. The molecule has 5 nitrogen and oxygen atoms in total. The van der Waals surface area contributed by atoms with Crippen LogP contribution in [0.2, 0.25) is 10.0 Å². The lowest BCUT2D eigenvalue weighted by Crippen LogP contribution is -2.26. The number of benzene rings is 3. The molecule has 0 aliphatic carbocycles. The molecule has 180 valence electrons. The summed E-state index contributed by atoms with van der Waals surface area (Å²) in [7, 11) is -3.86. The van der Waals surface area contributed by atoms with Gasteiger partial charge in [0.25, 0.3) is 15.9 Å². The Hall–Kier alpha value is -2.19. The van der Waals surface area contributed by atoms with Crippen molar-refractivity contribution in [3.63, 3.8) is 0 Å². The summed E-state index contributed by atoms with van der Waals surface area (Å²) >= 11 is 14.0. The van der Waals surface area contributed by atoms with Crippen LogP contribution in [0.4, 0.5) is 5.69 Å². The number of nitrogens with one attached hydrogen (secondary N) is 2. The van der Waals surface area contributed by atoms with Crippen molar-refractivity contribution in [2.24, 2.45) is 0 Å². The minimum absolute atomic E-state index is 0.0705. The summed E-state index contributed by atoms with van der Waals surface area (Å²) in [5.74, 6) is 0.948. The normalized spacial score (nSPS) is 11.3. The Morgan fingerprint density at radius 2 is 1.59 bits per heavy atom. The lowest BCUT2D eigenvalue weighted by Gasteiger charge is -2.13. The van der Waals surface area contributed by atoms with E-state index in [1.165, 1.54) is 6.07 Å². The Labute approximate surface area is 215 Å². The number of carbonyl (C=O) groups excluding carboxylic acids is 1. The van der Waals surface area contributed by atoms with Crippen molar-refractivity contribution in [2.45, 2.75) is 31.4 Å². The SMILES string of the molecule is Cc1ccc(NS(=O)(=O)c2cc(C(=O)NCCSCc3c(Cl)cccc3Cl)ccc2C)cc1C. The summed E-state index contributed by atoms with van der Waals surface area (Å²) in [5.41, 5.74) is 4.25. The van der Waals surface area contributed by atoms with Crippen molar-refractivity contribution in [3.8, 4) is 0 Å². The van der Waals surface area contributed by atoms with Crippen LogP contribution in [0.25, 0.3) is 0 Å². The topological polar surface area (TPSA) is 75.3 Å². The monoisotopic (exact) mass is 536 g/mol. The lowest BCUT2D eigenvalue weighted by atomic mass is 10.1. The third-order valence-electron chi connectivity index (χ3n) is 5.34. The van der Waals surface area contributed by atoms with E-state index in [0.717, 1.165) is 16.7 Å². The summed E-state index contributed by atoms with van der Waals surface area (Å²) in [6, 6.07) is 15.4. The summed E-state index contributed by atoms with van der Waals surface area (Å²) in [6.07, 6.45) is 0. The molecule has 1 amide bonds. The molecule has 0 aromatic heterocycles. The number of anilines is 1. The first-order valence-corrected chi connectivity index (χ1v) is 14.0. The van der Waals surface area contributed by atoms with Crippen LogP contribution < -0.4 is 10.0 Å². The van der Waals surface area contributed by atoms with Gasteiger partial charge in [-0.2, -0.15) is 11.8 Å². The predicted octanol–water partition coefficient (Wildman–Crippen LogP) is 6.38. The highest BCUT2D eigenvalue weighted by atomic mass is 35.5. The van der Waals surface area contributed by atoms with Gasteiger partial charge in [0.2, 0.25) is 0 Å². The van der Waals surface area contributed by atoms with Gasteiger partial charge in [-0.1, -0.05) is 41.4 Å². The van der Waals surface area contributed by atoms with Crippen LogP contribution in [0.5, 0.6) is 0 Å². The van der Waals surface area contributed by atoms with Gasteiger partial charge in [0.1, 0.15) is 0 Å². The summed E-state index contributed by atoms with van der Waals surface area (Å²) in [4.78, 5) is 12.7. The number of carbonyl (C=O) groups is 1. The number of sulfonamides is 1. The fraction of sp³-hybridized carbons (Fsp3) is 0.240. The number of hydrogen-bond acceptors (Lipinski definition) is 4. The molecule has 34 heavy (non-hydrogen) atoms. The Balaban J connectivity index is 1.62. The first-order chi connectivity index (χ1) is 16.1. The van der Waals surface area contributed by atoms with Gasteiger partial charge in [0, 0.05) is 39.3 Å². The zero-order chi connectivity index (χ0) is 24.9. The maximum atomic E-state index is 13.0. The van der Waals surface area contributed by atoms with E-state index in [9.17, 15) is 13.2 Å². The van der Waals surface area contributed by atoms with E-state index < -0.39 is 10.0 Å². The molecule has 0 atom stereocenters. The average molecular weight is 538 g/mol. The van der Waals surface area contributed by atoms with Gasteiger partial charge >= 0.3 is 0 Å². The molecular formula is C25H26Cl2N2O3S2. The molecular weight excluding hydrogens is 511 g/mol. The Kier molecular flexibility index (Phi) is 8.93. The second-order valence-electron chi connectivity index (χ2n) is 7.89. The Morgan fingerprint density at radius 3 is 2.26 bits per heavy atom. The Bertz CT molecular complexity index is 1290. The number of hydrogen-bond donors (Lipinski definition) is 2. The quantitative estimate of drug-likeness (QED) is 0.311. The average Bonchev–Trinajstić information content (AvgIpc) is 2.77. The van der Waals surface area contributed by atoms with Gasteiger partial charge in [0.15, 0.2) is 0 Å². The van der Waals surface area contributed by atoms with E-state index in [0.29, 0.717) is 39.3 Å². The van der Waals surface area contributed by atoms with E-state index in [4.69, 9.17) is 23.2 Å². The van der Waals surface area contributed by atoms with Crippen molar-refractivity contribution < 1.29 is 13.2 Å². The molecule has 0 aliphatic rings. The van der Waals surface area contributed by atoms with Crippen LogP contribution in [0.1, 0.15) is 32.6 Å². The molecule has 0 heterocycles. The van der Waals surface area contributed by atoms with Crippen LogP contribution in [-0.2, 0) is 15.8 Å². The highest BCUT2D eigenvalue weighted by Gasteiger charge is 2.19. The molecule has 0 saturated carbocycles. The molecule has 0 saturated heterocycles. The highest BCUT2D eigenvalue weighted by molar-refractivity contribution is 7.98. The number of thioether (sulfide) groups is 1. The van der Waals surface area contributed by atoms with Gasteiger partial charge < -0.3 is 5.32 Å². The number of halogens is 2. The molecule has 3 rings (SSSR count). The molecule has 2 N–H and O–H groups in total. The van der Waals surface area contributed by atoms with Crippen molar-refractivity contribution in [1.29, 1.82) is 0 Å². The van der Waals surface area contributed by atoms with Crippen LogP contribution in [0.15, 0.2) is 59.5 Å². The van der Waals surface area contributed by atoms with Gasteiger partial charge in [-0.15, -0.1) is 0 Å². The maximum Gasteiger partial charge on any atom is 0.262 e. The predicted molar refractivity (Wildman–Crippen MR) is 143 cm³/mol. The second-order valence-corrected chi connectivity index (χ2v) is 11.5. The van der Waals surface area contributed by atoms with Gasteiger partial charge in [0.05, 0.1) is 4.90 Å². The van der Waals surface area contributed by atoms with E-state index >= 15 is 0 Å². The standard InChI is InChI=1S/C25H26Cl2N2O3S2/c1-16-8-10-20(13-18(16)3)29-34(31,32)24-14-19(9-7-17(24)2)25(30)28-11-12-33-15-21-22(26)5-4-6-23(21)27/h4-10,13-14,29H,11-12,15H2,1-3H3,(H,28,30). The van der Waals surface area contributed by atoms with Crippen LogP contribution >= 0.6 is 35.0 Å². The smallest absolute Gasteiger partial charge is 0.262 e. The van der Waals surface area contributed by atoms with E-state index in [2.05, 4.69) is 10.0 Å². The van der Waals surface area contributed by atoms with Crippen molar-refractivity contribution in [2.75, 3.05) is 17.0 Å². The molecule has 3 aromatic rings. The molecule has 0 aliphatic heterocycles. The van der Waals surface area contributed by atoms with Gasteiger partial charge in [-0.25, -0.2) is 8.42 Å². The first-order valence-electron chi connectivity index (χ1n) is 10.6. The third kappa shape index (κ3) is 6.69. The molecule has 0 radical (unpaired) electrons. The van der Waals surface area contributed by atoms with Crippen LogP contribution in [-0.4, -0.2) is 26.6 Å². The third-order valence-corrected chi connectivity index (χ3v) is 8.56. The van der Waals surface area contributed by atoms with Crippen LogP contribution in [0.3, 0.4) is 0 Å². The number of rotatable bonds is 9. The zero-order valence-electron chi connectivity index (χ0n) is 19.1. The minimum atomic E-state index is -3.86. The van der Waals surface area contributed by atoms with E-state index in [1.54, 1.807) is 61.2 Å². The zero-order valence-corrected chi connectivity index (χ0v) is 22.3. The summed E-state index contributed by atoms with van der Waals surface area (Å²) in [6.45, 7) is 6.00. The fourth-order valence-electron chi connectivity index (χ4n) is 3.23. The molecule has 3 aromatic carbocycles. The van der Waals surface area contributed by atoms with E-state index in [-0.39, 0.29) is 16.4 Å². The van der Waals surface area contributed by atoms with Crippen molar-refractivity contribution in [3.05, 3.63) is 92.5 Å². The molecule has 0 spiro atoms. The largest absolute Gasteiger partial charge is 0.351 e. The molecule has 0 unspecified atom stereocenters. The summed E-state index contributed by atoms with van der Waals surface area (Å²) in [5, 5.41) is 4.07. The fourth-order valence-corrected chi connectivity index (χ4v) is 6.15. The summed E-state index contributed by atoms with van der Waals surface area (Å²) < 4.78 is 28.6. The lowest BCUT2D eigenvalue weighted by molar-refractivity contribution is 0.0956. The van der Waals surface area contributed by atoms with Gasteiger partial charge in [-0.05, 0) is 79.4 Å². The minimum Gasteiger partial charge on any atom is -0.351 e. The second kappa shape index (κ2) is 11.5. The molecule has 0 fully saturated rings.